The molecule has 3 heterocycles. The van der Waals surface area contributed by atoms with Crippen LogP contribution in [0.4, 0.5) is 4.79 Å². The van der Waals surface area contributed by atoms with Gasteiger partial charge >= 0.3 is 6.09 Å². The second-order valence-electron chi connectivity index (χ2n) is 9.28. The normalized spacial score (nSPS) is 21.2. The maximum atomic E-state index is 13.3. The van der Waals surface area contributed by atoms with Gasteiger partial charge < -0.3 is 14.7 Å². The Morgan fingerprint density at radius 2 is 1.66 bits per heavy atom. The van der Waals surface area contributed by atoms with E-state index in [0.29, 0.717) is 31.8 Å². The Bertz CT molecular complexity index is 1190. The van der Waals surface area contributed by atoms with Crippen molar-refractivity contribution in [3.05, 3.63) is 90.0 Å². The first-order chi connectivity index (χ1) is 16.9. The lowest BCUT2D eigenvalue weighted by molar-refractivity contribution is -0.136. The minimum atomic E-state index is -0.782. The molecule has 1 atom stereocenters. The van der Waals surface area contributed by atoms with Crippen LogP contribution in [-0.4, -0.2) is 55.6 Å². The zero-order valence-electron chi connectivity index (χ0n) is 19.6. The predicted molar refractivity (Wildman–Crippen MR) is 128 cm³/mol. The maximum Gasteiger partial charge on any atom is 0.411 e. The maximum absolute atomic E-state index is 13.3. The van der Waals surface area contributed by atoms with E-state index in [1.54, 1.807) is 47.6 Å². The molecule has 8 nitrogen and oxygen atoms in total. The Hall–Kier alpha value is -3.94. The smallest absolute Gasteiger partial charge is 0.411 e. The number of phenolic OH excluding ortho intramolecular Hbond substituents is 1. The third-order valence-corrected chi connectivity index (χ3v) is 7.40. The average Bonchev–Trinajstić information content (AvgIpc) is 3.08. The van der Waals surface area contributed by atoms with Gasteiger partial charge in [-0.1, -0.05) is 42.5 Å². The van der Waals surface area contributed by atoms with Crippen molar-refractivity contribution in [3.8, 4) is 5.75 Å². The van der Waals surface area contributed by atoms with E-state index >= 15 is 0 Å². The van der Waals surface area contributed by atoms with Crippen molar-refractivity contribution < 1.29 is 19.4 Å². The van der Waals surface area contributed by atoms with Gasteiger partial charge in [0.25, 0.3) is 0 Å². The number of hydrogen-bond donors (Lipinski definition) is 1. The highest BCUT2D eigenvalue weighted by Gasteiger charge is 2.64. The molecule has 1 aromatic heterocycles. The summed E-state index contributed by atoms with van der Waals surface area (Å²) in [6, 6.07) is 18.3. The van der Waals surface area contributed by atoms with Gasteiger partial charge in [-0.3, -0.25) is 9.69 Å². The lowest BCUT2D eigenvalue weighted by Gasteiger charge is -2.48. The van der Waals surface area contributed by atoms with E-state index in [-0.39, 0.29) is 24.6 Å². The van der Waals surface area contributed by atoms with Crippen molar-refractivity contribution in [2.75, 3.05) is 13.1 Å². The zero-order valence-corrected chi connectivity index (χ0v) is 19.6. The topological polar surface area (TPSA) is 95.9 Å². The minimum Gasteiger partial charge on any atom is -0.508 e. The zero-order chi connectivity index (χ0) is 24.5. The Labute approximate surface area is 204 Å². The van der Waals surface area contributed by atoms with Crippen LogP contribution in [-0.2, 0) is 28.0 Å². The van der Waals surface area contributed by atoms with E-state index in [9.17, 15) is 14.7 Å². The molecular formula is C27H28N4O4. The van der Waals surface area contributed by atoms with Crippen molar-refractivity contribution in [2.24, 2.45) is 0 Å². The van der Waals surface area contributed by atoms with Crippen molar-refractivity contribution in [1.82, 2.24) is 19.8 Å². The first kappa shape index (κ1) is 22.8. The Morgan fingerprint density at radius 3 is 2.31 bits per heavy atom. The highest BCUT2D eigenvalue weighted by Crippen LogP contribution is 2.52. The number of likely N-dealkylation sites (tertiary alicyclic amines) is 1. The van der Waals surface area contributed by atoms with Gasteiger partial charge in [0.15, 0.2) is 0 Å². The van der Waals surface area contributed by atoms with Crippen LogP contribution in [0.2, 0.25) is 0 Å². The van der Waals surface area contributed by atoms with E-state index in [1.807, 2.05) is 42.2 Å². The minimum absolute atomic E-state index is 0.0193. The molecule has 3 aromatic rings. The van der Waals surface area contributed by atoms with Gasteiger partial charge in [-0.15, -0.1) is 0 Å². The molecule has 0 bridgehead atoms. The van der Waals surface area contributed by atoms with Crippen molar-refractivity contribution >= 4 is 12.0 Å². The summed E-state index contributed by atoms with van der Waals surface area (Å²) in [6.07, 6.45) is 4.25. The third kappa shape index (κ3) is 4.09. The molecule has 2 saturated heterocycles. The van der Waals surface area contributed by atoms with Gasteiger partial charge in [-0.05, 0) is 36.2 Å². The molecule has 1 N–H and O–H groups in total. The van der Waals surface area contributed by atoms with Gasteiger partial charge in [0, 0.05) is 38.3 Å². The number of amides is 2. The van der Waals surface area contributed by atoms with Crippen LogP contribution in [0, 0.1) is 0 Å². The average molecular weight is 473 g/mol. The molecule has 2 aromatic carbocycles. The van der Waals surface area contributed by atoms with E-state index in [0.717, 1.165) is 11.1 Å². The highest BCUT2D eigenvalue weighted by molar-refractivity contribution is 5.79. The van der Waals surface area contributed by atoms with Crippen LogP contribution in [0.1, 0.15) is 36.7 Å². The Morgan fingerprint density at radius 1 is 1.00 bits per heavy atom. The predicted octanol–water partition coefficient (Wildman–Crippen LogP) is 3.65. The fourth-order valence-electron chi connectivity index (χ4n) is 5.31. The molecule has 1 unspecified atom stereocenters. The van der Waals surface area contributed by atoms with E-state index in [2.05, 4.69) is 9.97 Å². The van der Waals surface area contributed by atoms with Crippen LogP contribution < -0.4 is 0 Å². The number of piperidine rings is 1. The van der Waals surface area contributed by atoms with Crippen LogP contribution >= 0.6 is 0 Å². The summed E-state index contributed by atoms with van der Waals surface area (Å²) in [6.45, 7) is 3.25. The number of nitrogens with zero attached hydrogens (tertiary/aromatic N) is 4. The molecule has 2 aliphatic heterocycles. The summed E-state index contributed by atoms with van der Waals surface area (Å²) >= 11 is 0. The molecule has 2 amide bonds. The second-order valence-corrected chi connectivity index (χ2v) is 9.28. The third-order valence-electron chi connectivity index (χ3n) is 7.40. The molecule has 0 saturated carbocycles. The fourth-order valence-corrected chi connectivity index (χ4v) is 5.31. The van der Waals surface area contributed by atoms with Crippen molar-refractivity contribution in [1.29, 1.82) is 0 Å². The quantitative estimate of drug-likeness (QED) is 0.609. The molecule has 8 heteroatoms. The summed E-state index contributed by atoms with van der Waals surface area (Å²) in [5, 5.41) is 9.49. The summed E-state index contributed by atoms with van der Waals surface area (Å²) in [4.78, 5) is 38.5. The molecule has 0 radical (unpaired) electrons. The van der Waals surface area contributed by atoms with Gasteiger partial charge in [-0.2, -0.15) is 0 Å². The lowest BCUT2D eigenvalue weighted by atomic mass is 9.70. The number of ether oxygens (including phenoxy) is 1. The number of rotatable bonds is 5. The van der Waals surface area contributed by atoms with E-state index in [4.69, 9.17) is 4.74 Å². The standard InChI is InChI=1S/C27H28N4O4/c1-26(21-6-3-2-4-7-21)27(35-25(34)31(26)19-23-28-14-5-15-29-23)12-16-30(17-13-27)24(33)18-20-8-10-22(32)11-9-20/h2-11,14-15,32H,12-13,16-19H2,1H3. The lowest BCUT2D eigenvalue weighted by Crippen LogP contribution is -2.59. The summed E-state index contributed by atoms with van der Waals surface area (Å²) in [7, 11) is 0. The van der Waals surface area contributed by atoms with Crippen LogP contribution in [0.3, 0.4) is 0 Å². The van der Waals surface area contributed by atoms with Crippen LogP contribution in [0.25, 0.3) is 0 Å². The molecule has 1 spiro atoms. The molecule has 2 fully saturated rings. The number of hydrogen-bond acceptors (Lipinski definition) is 6. The Balaban J connectivity index is 1.39. The van der Waals surface area contributed by atoms with Gasteiger partial charge in [0.05, 0.1) is 13.0 Å². The van der Waals surface area contributed by atoms with Crippen molar-refractivity contribution in [2.45, 2.75) is 43.9 Å². The first-order valence-electron chi connectivity index (χ1n) is 11.8. The van der Waals surface area contributed by atoms with Gasteiger partial charge in [0.1, 0.15) is 22.7 Å². The highest BCUT2D eigenvalue weighted by atomic mass is 16.6. The number of carbonyl (C=O) groups excluding carboxylic acids is 2. The number of carbonyl (C=O) groups is 2. The van der Waals surface area contributed by atoms with Crippen molar-refractivity contribution in [3.63, 3.8) is 0 Å². The first-order valence-corrected chi connectivity index (χ1v) is 11.8. The van der Waals surface area contributed by atoms with Gasteiger partial charge in [-0.25, -0.2) is 14.8 Å². The van der Waals surface area contributed by atoms with E-state index < -0.39 is 17.2 Å². The summed E-state index contributed by atoms with van der Waals surface area (Å²) < 4.78 is 6.17. The Kier molecular flexibility index (Phi) is 5.88. The van der Waals surface area contributed by atoms with Gasteiger partial charge in [0.2, 0.25) is 5.91 Å². The number of phenols is 1. The van der Waals surface area contributed by atoms with Crippen LogP contribution in [0.15, 0.2) is 73.1 Å². The monoisotopic (exact) mass is 472 g/mol. The fraction of sp³-hybridized carbons (Fsp3) is 0.333. The van der Waals surface area contributed by atoms with Crippen LogP contribution in [0.5, 0.6) is 5.75 Å². The molecule has 5 rings (SSSR count). The molecule has 2 aliphatic rings. The van der Waals surface area contributed by atoms with E-state index in [1.165, 1.54) is 0 Å². The molecule has 35 heavy (non-hydrogen) atoms. The number of benzene rings is 2. The molecular weight excluding hydrogens is 444 g/mol. The molecule has 180 valence electrons. The largest absolute Gasteiger partial charge is 0.508 e. The SMILES string of the molecule is CC1(c2ccccc2)N(Cc2ncccn2)C(=O)OC12CCN(C(=O)Cc1ccc(O)cc1)CC2. The summed E-state index contributed by atoms with van der Waals surface area (Å²) in [5.41, 5.74) is 0.292. The number of aromatic nitrogens is 2. The number of aromatic hydroxyl groups is 1. The molecule has 0 aliphatic carbocycles. The summed E-state index contributed by atoms with van der Waals surface area (Å²) in [5.74, 6) is 0.741. The second kappa shape index (κ2) is 9.02.